The summed E-state index contributed by atoms with van der Waals surface area (Å²) in [7, 11) is 2.04. The first-order valence-corrected chi connectivity index (χ1v) is 4.18. The van der Waals surface area contributed by atoms with E-state index in [4.69, 9.17) is 9.90 Å². The van der Waals surface area contributed by atoms with Crippen LogP contribution in [-0.2, 0) is 18.3 Å². The molecule has 72 valence electrons. The number of aliphatic carboxylic acids is 1. The molecule has 0 aliphatic heterocycles. The Labute approximate surface area is 78.6 Å². The third-order valence-corrected chi connectivity index (χ3v) is 1.41. The van der Waals surface area contributed by atoms with Crippen LogP contribution in [0.5, 0.6) is 0 Å². The molecule has 0 saturated heterocycles. The Hall–Kier alpha value is -1.38. The van der Waals surface area contributed by atoms with E-state index in [1.807, 2.05) is 13.2 Å². The predicted molar refractivity (Wildman–Crippen MR) is 47.7 cm³/mol. The number of carboxylic acid groups (broad SMARTS) is 1. The second-order valence-electron chi connectivity index (χ2n) is 2.72. The van der Waals surface area contributed by atoms with Crippen LogP contribution in [0.15, 0.2) is 24.5 Å². The van der Waals surface area contributed by atoms with Gasteiger partial charge >= 0.3 is 0 Å². The van der Waals surface area contributed by atoms with Crippen LogP contribution < -0.4 is 9.67 Å². The maximum atomic E-state index is 8.89. The van der Waals surface area contributed by atoms with Gasteiger partial charge in [0, 0.05) is 17.6 Å². The lowest BCUT2D eigenvalue weighted by Crippen LogP contribution is -2.26. The highest BCUT2D eigenvalue weighted by Gasteiger charge is 1.91. The quantitative estimate of drug-likeness (QED) is 0.565. The summed E-state index contributed by atoms with van der Waals surface area (Å²) in [6.07, 6.45) is 5.30. The molecule has 0 saturated carbocycles. The Morgan fingerprint density at radius 2 is 2.15 bits per heavy atom. The van der Waals surface area contributed by atoms with E-state index in [9.17, 15) is 0 Å². The third kappa shape index (κ3) is 7.00. The van der Waals surface area contributed by atoms with Crippen LogP contribution in [0.3, 0.4) is 0 Å². The van der Waals surface area contributed by atoms with Crippen molar-refractivity contribution in [1.82, 2.24) is 0 Å². The Morgan fingerprint density at radius 1 is 1.62 bits per heavy atom. The average Bonchev–Trinajstić information content (AvgIpc) is 2.03. The van der Waals surface area contributed by atoms with E-state index in [2.05, 4.69) is 29.8 Å². The van der Waals surface area contributed by atoms with Crippen LogP contribution in [-0.4, -0.2) is 5.97 Å². The van der Waals surface area contributed by atoms with Gasteiger partial charge in [-0.3, -0.25) is 0 Å². The highest BCUT2D eigenvalue weighted by molar-refractivity contribution is 5.60. The first-order chi connectivity index (χ1) is 6.06. The summed E-state index contributed by atoms with van der Waals surface area (Å²) in [5, 5.41) is 8.89. The van der Waals surface area contributed by atoms with E-state index in [0.29, 0.717) is 0 Å². The number of hydrogen-bond donors (Lipinski definition) is 0. The first-order valence-electron chi connectivity index (χ1n) is 4.18. The van der Waals surface area contributed by atoms with Crippen LogP contribution in [0.2, 0.25) is 0 Å². The maximum absolute atomic E-state index is 8.89. The zero-order valence-electron chi connectivity index (χ0n) is 8.28. The van der Waals surface area contributed by atoms with E-state index < -0.39 is 5.97 Å². The zero-order valence-corrected chi connectivity index (χ0v) is 8.28. The Bertz CT molecular complexity index is 267. The zero-order chi connectivity index (χ0) is 10.3. The molecule has 0 amide bonds. The van der Waals surface area contributed by atoms with Crippen molar-refractivity contribution in [2.75, 3.05) is 0 Å². The predicted octanol–water partition coefficient (Wildman–Crippen LogP) is -0.170. The molecule has 0 spiro atoms. The Balaban J connectivity index is 0.000000310. The standard InChI is InChI=1S/C8H12N.C2H4O2/c1-3-8-5-4-6-9(2)7-8;1-2(3)4/h4-7H,3H2,1-2H3;1H3,(H,3,4)/q+1;/p-1. The first kappa shape index (κ1) is 11.6. The monoisotopic (exact) mass is 181 g/mol. The molecule has 1 aromatic rings. The minimum Gasteiger partial charge on any atom is -0.550 e. The van der Waals surface area contributed by atoms with Crippen LogP contribution in [0, 0.1) is 0 Å². The van der Waals surface area contributed by atoms with Gasteiger partial charge in [-0.25, -0.2) is 4.57 Å². The van der Waals surface area contributed by atoms with Crippen molar-refractivity contribution >= 4 is 5.97 Å². The van der Waals surface area contributed by atoms with E-state index in [-0.39, 0.29) is 0 Å². The molecule has 0 bridgehead atoms. The number of aryl methyl sites for hydroxylation is 2. The molecule has 0 radical (unpaired) electrons. The smallest absolute Gasteiger partial charge is 0.171 e. The van der Waals surface area contributed by atoms with Crippen LogP contribution in [0.25, 0.3) is 0 Å². The van der Waals surface area contributed by atoms with Crippen molar-refractivity contribution in [3.05, 3.63) is 30.1 Å². The lowest BCUT2D eigenvalue weighted by molar-refractivity contribution is -0.671. The fraction of sp³-hybridized carbons (Fsp3) is 0.400. The van der Waals surface area contributed by atoms with Crippen molar-refractivity contribution in [2.45, 2.75) is 20.3 Å². The molecule has 0 unspecified atom stereocenters. The summed E-state index contributed by atoms with van der Waals surface area (Å²) < 4.78 is 2.07. The highest BCUT2D eigenvalue weighted by atomic mass is 16.4. The molecule has 3 nitrogen and oxygen atoms in total. The Kier molecular flexibility index (Phi) is 5.52. The summed E-state index contributed by atoms with van der Waals surface area (Å²) in [4.78, 5) is 8.89. The van der Waals surface area contributed by atoms with Gasteiger partial charge in [-0.1, -0.05) is 6.92 Å². The molecule has 1 heterocycles. The van der Waals surface area contributed by atoms with E-state index in [1.165, 1.54) is 5.56 Å². The van der Waals surface area contributed by atoms with Gasteiger partial charge in [0.15, 0.2) is 12.4 Å². The summed E-state index contributed by atoms with van der Waals surface area (Å²) in [5.41, 5.74) is 1.39. The van der Waals surface area contributed by atoms with Crippen molar-refractivity contribution in [3.63, 3.8) is 0 Å². The lowest BCUT2D eigenvalue weighted by Gasteiger charge is -1.90. The van der Waals surface area contributed by atoms with Crippen LogP contribution in [0.4, 0.5) is 0 Å². The van der Waals surface area contributed by atoms with Gasteiger partial charge in [0.1, 0.15) is 7.05 Å². The molecule has 1 rings (SSSR count). The third-order valence-electron chi connectivity index (χ3n) is 1.41. The van der Waals surface area contributed by atoms with Gasteiger partial charge in [0.05, 0.1) is 0 Å². The second-order valence-corrected chi connectivity index (χ2v) is 2.72. The van der Waals surface area contributed by atoms with Crippen molar-refractivity contribution < 1.29 is 14.5 Å². The number of carbonyl (C=O) groups excluding carboxylic acids is 1. The van der Waals surface area contributed by atoms with Crippen molar-refractivity contribution in [1.29, 1.82) is 0 Å². The SMILES string of the molecule is CC(=O)[O-].CCc1ccc[n+](C)c1. The number of nitrogens with zero attached hydrogens (tertiary/aromatic N) is 1. The normalized spacial score (nSPS) is 8.54. The molecule has 0 fully saturated rings. The van der Waals surface area contributed by atoms with Crippen molar-refractivity contribution in [3.8, 4) is 0 Å². The molecule has 0 N–H and O–H groups in total. The fourth-order valence-corrected chi connectivity index (χ4v) is 0.859. The summed E-state index contributed by atoms with van der Waals surface area (Å²) in [5.74, 6) is -1.08. The summed E-state index contributed by atoms with van der Waals surface area (Å²) in [6.45, 7) is 3.13. The van der Waals surface area contributed by atoms with E-state index in [0.717, 1.165) is 13.3 Å². The molecule has 3 heteroatoms. The minimum atomic E-state index is -1.08. The Morgan fingerprint density at radius 3 is 2.46 bits per heavy atom. The van der Waals surface area contributed by atoms with Crippen molar-refractivity contribution in [2.24, 2.45) is 7.05 Å². The van der Waals surface area contributed by atoms with Gasteiger partial charge in [0.25, 0.3) is 0 Å². The molecular formula is C10H15NO2. The number of aromatic nitrogens is 1. The number of pyridine rings is 1. The summed E-state index contributed by atoms with van der Waals surface area (Å²) >= 11 is 0. The van der Waals surface area contributed by atoms with Crippen LogP contribution >= 0.6 is 0 Å². The fourth-order valence-electron chi connectivity index (χ4n) is 0.859. The number of carbonyl (C=O) groups is 1. The van der Waals surface area contributed by atoms with Crippen LogP contribution in [0.1, 0.15) is 19.4 Å². The topological polar surface area (TPSA) is 44.0 Å². The number of hydrogen-bond acceptors (Lipinski definition) is 2. The average molecular weight is 181 g/mol. The molecule has 0 aromatic carbocycles. The summed E-state index contributed by atoms with van der Waals surface area (Å²) in [6, 6.07) is 4.21. The largest absolute Gasteiger partial charge is 0.550 e. The molecular weight excluding hydrogens is 166 g/mol. The van der Waals surface area contributed by atoms with E-state index in [1.54, 1.807) is 0 Å². The van der Waals surface area contributed by atoms with Gasteiger partial charge in [0.2, 0.25) is 0 Å². The molecule has 13 heavy (non-hydrogen) atoms. The van der Waals surface area contributed by atoms with Gasteiger partial charge < -0.3 is 9.90 Å². The van der Waals surface area contributed by atoms with Gasteiger partial charge in [-0.2, -0.15) is 0 Å². The number of rotatable bonds is 1. The molecule has 1 aromatic heterocycles. The highest BCUT2D eigenvalue weighted by Crippen LogP contribution is 1.92. The molecule has 0 aliphatic carbocycles. The molecule has 0 aliphatic rings. The second kappa shape index (κ2) is 6.17. The van der Waals surface area contributed by atoms with E-state index >= 15 is 0 Å². The van der Waals surface area contributed by atoms with Gasteiger partial charge in [-0.05, 0) is 19.4 Å². The number of carboxylic acids is 1. The van der Waals surface area contributed by atoms with Gasteiger partial charge in [-0.15, -0.1) is 0 Å². The minimum absolute atomic E-state index is 0.972. The maximum Gasteiger partial charge on any atom is 0.171 e. The molecule has 0 atom stereocenters. The lowest BCUT2D eigenvalue weighted by atomic mass is 10.2.